The van der Waals surface area contributed by atoms with E-state index in [1.54, 1.807) is 6.07 Å². The van der Waals surface area contributed by atoms with E-state index in [1.165, 1.54) is 0 Å². The highest BCUT2D eigenvalue weighted by atomic mass is 79.9. The van der Waals surface area contributed by atoms with Crippen LogP contribution in [-0.4, -0.2) is 32.1 Å². The maximum absolute atomic E-state index is 11.8. The van der Waals surface area contributed by atoms with Gasteiger partial charge in [0.05, 0.1) is 12.2 Å². The lowest BCUT2D eigenvalue weighted by molar-refractivity contribution is 0.0188. The van der Waals surface area contributed by atoms with Crippen molar-refractivity contribution in [3.8, 4) is 0 Å². The summed E-state index contributed by atoms with van der Waals surface area (Å²) in [5.41, 5.74) is 1.55. The van der Waals surface area contributed by atoms with E-state index in [9.17, 15) is 13.6 Å². The van der Waals surface area contributed by atoms with Crippen molar-refractivity contribution in [2.75, 3.05) is 19.8 Å². The first-order chi connectivity index (χ1) is 8.50. The van der Waals surface area contributed by atoms with Crippen LogP contribution >= 0.6 is 15.9 Å². The van der Waals surface area contributed by atoms with Crippen molar-refractivity contribution in [1.82, 2.24) is 5.32 Å². The molecular formula is C12H14BrF2NO2. The molecule has 3 nitrogen and oxygen atoms in total. The summed E-state index contributed by atoms with van der Waals surface area (Å²) < 4.78 is 28.9. The quantitative estimate of drug-likeness (QED) is 0.818. The highest BCUT2D eigenvalue weighted by molar-refractivity contribution is 9.10. The lowest BCUT2D eigenvalue weighted by Gasteiger charge is -2.08. The van der Waals surface area contributed by atoms with E-state index < -0.39 is 13.0 Å². The number of nitrogens with one attached hydrogen (secondary N) is 1. The summed E-state index contributed by atoms with van der Waals surface area (Å²) in [6, 6.07) is 5.37. The molecule has 1 amide bonds. The molecule has 0 unspecified atom stereocenters. The van der Waals surface area contributed by atoms with Crippen LogP contribution in [0.5, 0.6) is 0 Å². The number of hydrogen-bond acceptors (Lipinski definition) is 2. The Morgan fingerprint density at radius 1 is 1.50 bits per heavy atom. The second-order valence-corrected chi connectivity index (χ2v) is 4.56. The van der Waals surface area contributed by atoms with Crippen molar-refractivity contribution < 1.29 is 18.3 Å². The summed E-state index contributed by atoms with van der Waals surface area (Å²) in [6.07, 6.45) is -2.48. The van der Waals surface area contributed by atoms with Crippen molar-refractivity contribution in [2.24, 2.45) is 0 Å². The van der Waals surface area contributed by atoms with E-state index in [0.29, 0.717) is 10.0 Å². The van der Waals surface area contributed by atoms with Gasteiger partial charge in [0.25, 0.3) is 12.3 Å². The molecule has 0 aliphatic rings. The number of carbonyl (C=O) groups is 1. The minimum absolute atomic E-state index is 0.0690. The van der Waals surface area contributed by atoms with Gasteiger partial charge in [-0.25, -0.2) is 8.78 Å². The van der Waals surface area contributed by atoms with Crippen LogP contribution in [0.3, 0.4) is 0 Å². The molecule has 0 heterocycles. The van der Waals surface area contributed by atoms with E-state index in [4.69, 9.17) is 0 Å². The molecule has 1 N–H and O–H groups in total. The number of ether oxygens (including phenoxy) is 1. The SMILES string of the molecule is Cc1ccc(C(=O)NCCOCC(F)F)c(Br)c1. The number of carbonyl (C=O) groups excluding carboxylic acids is 1. The van der Waals surface area contributed by atoms with Gasteiger partial charge >= 0.3 is 0 Å². The highest BCUT2D eigenvalue weighted by Crippen LogP contribution is 2.17. The number of rotatable bonds is 6. The lowest BCUT2D eigenvalue weighted by atomic mass is 10.1. The van der Waals surface area contributed by atoms with Gasteiger partial charge in [-0.2, -0.15) is 0 Å². The Kier molecular flexibility index (Phi) is 6.21. The Balaban J connectivity index is 2.36. The molecular weight excluding hydrogens is 308 g/mol. The lowest BCUT2D eigenvalue weighted by Crippen LogP contribution is -2.28. The summed E-state index contributed by atoms with van der Waals surface area (Å²) in [6.45, 7) is 1.58. The van der Waals surface area contributed by atoms with Gasteiger partial charge in [-0.05, 0) is 40.5 Å². The van der Waals surface area contributed by atoms with E-state index in [2.05, 4.69) is 26.0 Å². The summed E-state index contributed by atoms with van der Waals surface area (Å²) in [7, 11) is 0. The van der Waals surface area contributed by atoms with E-state index in [0.717, 1.165) is 5.56 Å². The van der Waals surface area contributed by atoms with Crippen molar-refractivity contribution in [1.29, 1.82) is 0 Å². The molecule has 0 saturated heterocycles. The number of aryl methyl sites for hydroxylation is 1. The van der Waals surface area contributed by atoms with Gasteiger partial charge in [0, 0.05) is 11.0 Å². The number of benzene rings is 1. The van der Waals surface area contributed by atoms with Crippen LogP contribution in [0, 0.1) is 6.92 Å². The Labute approximate surface area is 113 Å². The molecule has 0 aliphatic heterocycles. The summed E-state index contributed by atoms with van der Waals surface area (Å²) in [5.74, 6) is -0.262. The minimum atomic E-state index is -2.48. The van der Waals surface area contributed by atoms with E-state index in [-0.39, 0.29) is 19.1 Å². The molecule has 1 aromatic carbocycles. The van der Waals surface area contributed by atoms with Gasteiger partial charge in [0.2, 0.25) is 0 Å². The average Bonchev–Trinajstić information content (AvgIpc) is 2.27. The van der Waals surface area contributed by atoms with E-state index >= 15 is 0 Å². The molecule has 0 bridgehead atoms. The molecule has 0 saturated carbocycles. The van der Waals surface area contributed by atoms with Crippen LogP contribution in [0.25, 0.3) is 0 Å². The third-order valence-corrected chi connectivity index (χ3v) is 2.80. The molecule has 100 valence electrons. The van der Waals surface area contributed by atoms with Crippen molar-refractivity contribution in [3.63, 3.8) is 0 Å². The molecule has 6 heteroatoms. The van der Waals surface area contributed by atoms with Crippen LogP contribution in [0.2, 0.25) is 0 Å². The Morgan fingerprint density at radius 2 is 2.22 bits per heavy atom. The summed E-state index contributed by atoms with van der Waals surface area (Å²) >= 11 is 3.30. The molecule has 0 radical (unpaired) electrons. The van der Waals surface area contributed by atoms with Crippen molar-refractivity contribution in [3.05, 3.63) is 33.8 Å². The summed E-state index contributed by atoms with van der Waals surface area (Å²) in [5, 5.41) is 2.59. The van der Waals surface area contributed by atoms with Crippen LogP contribution in [0.1, 0.15) is 15.9 Å². The molecule has 0 aliphatic carbocycles. The highest BCUT2D eigenvalue weighted by Gasteiger charge is 2.09. The fourth-order valence-corrected chi connectivity index (χ4v) is 1.98. The molecule has 1 aromatic rings. The number of amides is 1. The average molecular weight is 322 g/mol. The molecule has 0 aromatic heterocycles. The van der Waals surface area contributed by atoms with Gasteiger partial charge in [-0.3, -0.25) is 4.79 Å². The monoisotopic (exact) mass is 321 g/mol. The van der Waals surface area contributed by atoms with Gasteiger partial charge in [-0.15, -0.1) is 0 Å². The predicted molar refractivity (Wildman–Crippen MR) is 68.0 cm³/mol. The zero-order chi connectivity index (χ0) is 13.5. The Morgan fingerprint density at radius 3 is 2.83 bits per heavy atom. The second-order valence-electron chi connectivity index (χ2n) is 3.71. The van der Waals surface area contributed by atoms with Crippen LogP contribution in [0.15, 0.2) is 22.7 Å². The third-order valence-electron chi connectivity index (χ3n) is 2.15. The minimum Gasteiger partial charge on any atom is -0.374 e. The summed E-state index contributed by atoms with van der Waals surface area (Å²) in [4.78, 5) is 11.7. The standard InChI is InChI=1S/C12H14BrF2NO2/c1-8-2-3-9(10(13)6-8)12(17)16-4-5-18-7-11(14)15/h2-3,6,11H,4-5,7H2,1H3,(H,16,17). The maximum atomic E-state index is 11.8. The van der Waals surface area contributed by atoms with Crippen LogP contribution in [-0.2, 0) is 4.74 Å². The first-order valence-electron chi connectivity index (χ1n) is 5.41. The first kappa shape index (κ1) is 15.0. The molecule has 18 heavy (non-hydrogen) atoms. The normalized spacial score (nSPS) is 10.7. The fourth-order valence-electron chi connectivity index (χ4n) is 1.31. The van der Waals surface area contributed by atoms with Gasteiger partial charge in [0.1, 0.15) is 6.61 Å². The molecule has 0 spiro atoms. The van der Waals surface area contributed by atoms with Crippen LogP contribution < -0.4 is 5.32 Å². The second kappa shape index (κ2) is 7.43. The zero-order valence-corrected chi connectivity index (χ0v) is 11.5. The topological polar surface area (TPSA) is 38.3 Å². The smallest absolute Gasteiger partial charge is 0.261 e. The predicted octanol–water partition coefficient (Wildman–Crippen LogP) is 2.77. The molecule has 0 atom stereocenters. The van der Waals surface area contributed by atoms with Crippen molar-refractivity contribution in [2.45, 2.75) is 13.3 Å². The van der Waals surface area contributed by atoms with E-state index in [1.807, 2.05) is 19.1 Å². The van der Waals surface area contributed by atoms with Crippen LogP contribution in [0.4, 0.5) is 8.78 Å². The number of hydrogen-bond donors (Lipinski definition) is 1. The Bertz CT molecular complexity index is 413. The van der Waals surface area contributed by atoms with Crippen molar-refractivity contribution >= 4 is 21.8 Å². The fraction of sp³-hybridized carbons (Fsp3) is 0.417. The van der Waals surface area contributed by atoms with Gasteiger partial charge < -0.3 is 10.1 Å². The molecule has 0 fully saturated rings. The number of alkyl halides is 2. The molecule has 1 rings (SSSR count). The first-order valence-corrected chi connectivity index (χ1v) is 6.20. The van der Waals surface area contributed by atoms with Gasteiger partial charge in [-0.1, -0.05) is 6.07 Å². The Hall–Kier alpha value is -1.01. The zero-order valence-electron chi connectivity index (χ0n) is 9.88. The third kappa shape index (κ3) is 5.10. The number of halogens is 3. The van der Waals surface area contributed by atoms with Gasteiger partial charge in [0.15, 0.2) is 0 Å². The largest absolute Gasteiger partial charge is 0.374 e. The maximum Gasteiger partial charge on any atom is 0.261 e.